The van der Waals surface area contributed by atoms with Gasteiger partial charge in [-0.3, -0.25) is 4.79 Å². The molecule has 1 atom stereocenters. The van der Waals surface area contributed by atoms with Crippen molar-refractivity contribution in [1.82, 2.24) is 0 Å². The molecule has 1 amide bonds. The van der Waals surface area contributed by atoms with Crippen LogP contribution >= 0.6 is 0 Å². The standard InChI is InChI=1S/C23H21NO3/c1-27-23(26)20-11-5-7-17(15-20)13-14-18-8-6-12-21(16-18)24-22(25)19-9-3-2-4-10-19/h2-3,5-8,11-12,15-16,19H,4,9-10H2,1H3,(H,24,25). The minimum atomic E-state index is -0.388. The summed E-state index contributed by atoms with van der Waals surface area (Å²) in [6.07, 6.45) is 6.82. The highest BCUT2D eigenvalue weighted by molar-refractivity contribution is 5.93. The number of esters is 1. The molecule has 0 fully saturated rings. The fourth-order valence-electron chi connectivity index (χ4n) is 2.94. The van der Waals surface area contributed by atoms with Gasteiger partial charge in [-0.05, 0) is 55.7 Å². The Morgan fingerprint density at radius 1 is 1.04 bits per heavy atom. The molecule has 2 aromatic rings. The van der Waals surface area contributed by atoms with Crippen LogP contribution in [0.1, 0.15) is 40.7 Å². The lowest BCUT2D eigenvalue weighted by Gasteiger charge is -2.17. The molecular formula is C23H21NO3. The monoisotopic (exact) mass is 359 g/mol. The Morgan fingerprint density at radius 2 is 1.78 bits per heavy atom. The number of nitrogens with one attached hydrogen (secondary N) is 1. The number of carbonyl (C=O) groups excluding carboxylic acids is 2. The number of hydrogen-bond acceptors (Lipinski definition) is 3. The maximum Gasteiger partial charge on any atom is 0.337 e. The minimum absolute atomic E-state index is 0.0331. The van der Waals surface area contributed by atoms with Gasteiger partial charge in [-0.2, -0.15) is 0 Å². The Labute approximate surface area is 159 Å². The Kier molecular flexibility index (Phi) is 6.06. The van der Waals surface area contributed by atoms with Crippen molar-refractivity contribution in [2.75, 3.05) is 12.4 Å². The summed E-state index contributed by atoms with van der Waals surface area (Å²) in [5.74, 6) is 5.81. The van der Waals surface area contributed by atoms with Gasteiger partial charge in [0, 0.05) is 22.7 Å². The molecule has 2 aromatic carbocycles. The topological polar surface area (TPSA) is 55.4 Å². The van der Waals surface area contributed by atoms with E-state index in [2.05, 4.69) is 29.3 Å². The highest BCUT2D eigenvalue weighted by Crippen LogP contribution is 2.20. The predicted molar refractivity (Wildman–Crippen MR) is 105 cm³/mol. The van der Waals surface area contributed by atoms with Gasteiger partial charge in [-0.25, -0.2) is 4.79 Å². The Hall–Kier alpha value is -3.32. The van der Waals surface area contributed by atoms with Crippen LogP contribution in [-0.2, 0) is 9.53 Å². The summed E-state index contributed by atoms with van der Waals surface area (Å²) in [6.45, 7) is 0. The van der Waals surface area contributed by atoms with E-state index in [0.717, 1.165) is 36.1 Å². The molecule has 4 heteroatoms. The van der Waals surface area contributed by atoms with Crippen LogP contribution in [0.3, 0.4) is 0 Å². The molecule has 0 heterocycles. The molecule has 0 saturated carbocycles. The largest absolute Gasteiger partial charge is 0.465 e. The zero-order valence-electron chi connectivity index (χ0n) is 15.2. The van der Waals surface area contributed by atoms with Gasteiger partial charge >= 0.3 is 5.97 Å². The predicted octanol–water partition coefficient (Wildman–Crippen LogP) is 4.17. The van der Waals surface area contributed by atoms with Gasteiger partial charge in [0.2, 0.25) is 5.91 Å². The van der Waals surface area contributed by atoms with Crippen molar-refractivity contribution in [3.05, 3.63) is 77.4 Å². The van der Waals surface area contributed by atoms with Crippen LogP contribution in [0.5, 0.6) is 0 Å². The molecule has 0 radical (unpaired) electrons. The summed E-state index contributed by atoms with van der Waals surface area (Å²) in [4.78, 5) is 24.0. The summed E-state index contributed by atoms with van der Waals surface area (Å²) in [5.41, 5.74) is 2.72. The molecule has 1 N–H and O–H groups in total. The van der Waals surface area contributed by atoms with Crippen molar-refractivity contribution in [3.63, 3.8) is 0 Å². The highest BCUT2D eigenvalue weighted by atomic mass is 16.5. The number of carbonyl (C=O) groups is 2. The van der Waals surface area contributed by atoms with Gasteiger partial charge in [0.25, 0.3) is 0 Å². The average molecular weight is 359 g/mol. The van der Waals surface area contributed by atoms with E-state index in [1.54, 1.807) is 18.2 Å². The van der Waals surface area contributed by atoms with Gasteiger partial charge in [-0.15, -0.1) is 0 Å². The first-order valence-corrected chi connectivity index (χ1v) is 8.92. The molecule has 27 heavy (non-hydrogen) atoms. The van der Waals surface area contributed by atoms with Gasteiger partial charge in [-0.1, -0.05) is 36.1 Å². The summed E-state index contributed by atoms with van der Waals surface area (Å²) >= 11 is 0. The number of benzene rings is 2. The lowest BCUT2D eigenvalue weighted by atomic mass is 9.93. The number of amides is 1. The summed E-state index contributed by atoms with van der Waals surface area (Å²) in [7, 11) is 1.35. The van der Waals surface area contributed by atoms with Crippen molar-refractivity contribution >= 4 is 17.6 Å². The van der Waals surface area contributed by atoms with Gasteiger partial charge in [0.1, 0.15) is 0 Å². The molecule has 136 valence electrons. The first-order chi connectivity index (χ1) is 13.2. The molecule has 4 nitrogen and oxygen atoms in total. The minimum Gasteiger partial charge on any atom is -0.465 e. The lowest BCUT2D eigenvalue weighted by Crippen LogP contribution is -2.23. The molecular weight excluding hydrogens is 338 g/mol. The maximum atomic E-state index is 12.4. The number of rotatable bonds is 3. The Balaban J connectivity index is 1.71. The Morgan fingerprint density at radius 3 is 2.48 bits per heavy atom. The SMILES string of the molecule is COC(=O)c1cccc(C#Cc2cccc(NC(=O)C3CC=CCC3)c2)c1. The second kappa shape index (κ2) is 8.86. The summed E-state index contributed by atoms with van der Waals surface area (Å²) in [5, 5.41) is 2.98. The van der Waals surface area contributed by atoms with E-state index in [0.29, 0.717) is 5.56 Å². The molecule has 1 aliphatic carbocycles. The third-order valence-electron chi connectivity index (χ3n) is 4.40. The first-order valence-electron chi connectivity index (χ1n) is 8.92. The normalized spacial score (nSPS) is 15.4. The fourth-order valence-corrected chi connectivity index (χ4v) is 2.94. The molecule has 0 bridgehead atoms. The third-order valence-corrected chi connectivity index (χ3v) is 4.40. The van der Waals surface area contributed by atoms with Crippen molar-refractivity contribution < 1.29 is 14.3 Å². The molecule has 1 aliphatic rings. The summed E-state index contributed by atoms with van der Waals surface area (Å²) in [6, 6.07) is 14.5. The van der Waals surface area contributed by atoms with Crippen LogP contribution in [-0.4, -0.2) is 19.0 Å². The second-order valence-electron chi connectivity index (χ2n) is 6.37. The van der Waals surface area contributed by atoms with E-state index < -0.39 is 0 Å². The number of hydrogen-bond donors (Lipinski definition) is 1. The second-order valence-corrected chi connectivity index (χ2v) is 6.37. The number of anilines is 1. The maximum absolute atomic E-state index is 12.4. The molecule has 0 saturated heterocycles. The zero-order valence-corrected chi connectivity index (χ0v) is 15.2. The molecule has 1 unspecified atom stereocenters. The van der Waals surface area contributed by atoms with Gasteiger partial charge in [0.05, 0.1) is 12.7 Å². The van der Waals surface area contributed by atoms with Crippen LogP contribution < -0.4 is 5.32 Å². The molecule has 0 aromatic heterocycles. The van der Waals surface area contributed by atoms with Crippen LogP contribution in [0, 0.1) is 17.8 Å². The third kappa shape index (κ3) is 5.08. The van der Waals surface area contributed by atoms with E-state index in [9.17, 15) is 9.59 Å². The quantitative estimate of drug-likeness (QED) is 0.508. The van der Waals surface area contributed by atoms with E-state index >= 15 is 0 Å². The van der Waals surface area contributed by atoms with Crippen LogP contribution in [0.4, 0.5) is 5.69 Å². The number of methoxy groups -OCH3 is 1. The van der Waals surface area contributed by atoms with E-state index in [1.807, 2.05) is 30.3 Å². The van der Waals surface area contributed by atoms with Crippen molar-refractivity contribution in [2.45, 2.75) is 19.3 Å². The summed E-state index contributed by atoms with van der Waals surface area (Å²) < 4.78 is 4.73. The average Bonchev–Trinajstić information content (AvgIpc) is 2.73. The smallest absolute Gasteiger partial charge is 0.337 e. The molecule has 0 spiro atoms. The van der Waals surface area contributed by atoms with E-state index in [1.165, 1.54) is 7.11 Å². The Bertz CT molecular complexity index is 934. The van der Waals surface area contributed by atoms with Gasteiger partial charge in [0.15, 0.2) is 0 Å². The number of ether oxygens (including phenoxy) is 1. The zero-order chi connectivity index (χ0) is 19.1. The lowest BCUT2D eigenvalue weighted by molar-refractivity contribution is -0.120. The van der Waals surface area contributed by atoms with Crippen LogP contribution in [0.15, 0.2) is 60.7 Å². The van der Waals surface area contributed by atoms with Crippen molar-refractivity contribution in [1.29, 1.82) is 0 Å². The number of allylic oxidation sites excluding steroid dienone is 2. The molecule has 3 rings (SSSR count). The van der Waals surface area contributed by atoms with Crippen molar-refractivity contribution in [2.24, 2.45) is 5.92 Å². The van der Waals surface area contributed by atoms with E-state index in [-0.39, 0.29) is 17.8 Å². The molecule has 0 aliphatic heterocycles. The van der Waals surface area contributed by atoms with Crippen molar-refractivity contribution in [3.8, 4) is 11.8 Å². The fraction of sp³-hybridized carbons (Fsp3) is 0.217. The highest BCUT2D eigenvalue weighted by Gasteiger charge is 2.18. The van der Waals surface area contributed by atoms with Gasteiger partial charge < -0.3 is 10.1 Å². The van der Waals surface area contributed by atoms with Crippen LogP contribution in [0.2, 0.25) is 0 Å². The first kappa shape index (κ1) is 18.5. The van der Waals surface area contributed by atoms with E-state index in [4.69, 9.17) is 4.74 Å². The van der Waals surface area contributed by atoms with Crippen LogP contribution in [0.25, 0.3) is 0 Å².